The molecule has 0 saturated carbocycles. The molecule has 0 bridgehead atoms. The predicted molar refractivity (Wildman–Crippen MR) is 213 cm³/mol. The first-order valence-electron chi connectivity index (χ1n) is 17.9. The summed E-state index contributed by atoms with van der Waals surface area (Å²) in [4.78, 5) is 0. The molecule has 0 spiro atoms. The first-order chi connectivity index (χ1) is 25.7. The van der Waals surface area contributed by atoms with E-state index in [1.54, 1.807) is 0 Å². The van der Waals surface area contributed by atoms with Gasteiger partial charge in [0.2, 0.25) is 0 Å². The number of aromatic nitrogens is 1. The molecule has 7 aromatic carbocycles. The summed E-state index contributed by atoms with van der Waals surface area (Å²) < 4.78 is 16.7. The maximum atomic E-state index is 7.22. The minimum Gasteiger partial charge on any atom is -0.460 e. The number of allylic oxidation sites excluding steroid dienone is 4. The lowest BCUT2D eigenvalue weighted by molar-refractivity contribution is 0.314. The molecule has 0 radical (unpaired) electrons. The molecule has 8 aromatic rings. The zero-order valence-corrected chi connectivity index (χ0v) is 28.8. The van der Waals surface area contributed by atoms with Gasteiger partial charge in [0.05, 0.1) is 16.4 Å². The summed E-state index contributed by atoms with van der Waals surface area (Å²) in [6.07, 6.45) is 7.24. The molecule has 2 heterocycles. The molecule has 0 amide bonds. The van der Waals surface area contributed by atoms with E-state index in [0.29, 0.717) is 0 Å². The molecule has 0 N–H and O–H groups in total. The summed E-state index contributed by atoms with van der Waals surface area (Å²) >= 11 is 0. The Balaban J connectivity index is 1.30. The van der Waals surface area contributed by atoms with Gasteiger partial charge in [0, 0.05) is 33.2 Å². The van der Waals surface area contributed by atoms with Crippen LogP contribution in [0.4, 0.5) is 0 Å². The fourth-order valence-corrected chi connectivity index (χ4v) is 8.22. The van der Waals surface area contributed by atoms with E-state index in [0.717, 1.165) is 79.6 Å². The number of hydrogen-bond donors (Lipinski definition) is 0. The zero-order chi connectivity index (χ0) is 34.6. The number of benzene rings is 7. The topological polar surface area (TPSA) is 23.4 Å². The highest BCUT2D eigenvalue weighted by Gasteiger charge is 2.38. The lowest BCUT2D eigenvalue weighted by Gasteiger charge is -2.36. The van der Waals surface area contributed by atoms with E-state index >= 15 is 0 Å². The van der Waals surface area contributed by atoms with Gasteiger partial charge >= 0.3 is 0 Å². The van der Waals surface area contributed by atoms with Crippen LogP contribution in [-0.4, -0.2) is 4.57 Å². The van der Waals surface area contributed by atoms with Crippen LogP contribution in [0.15, 0.2) is 188 Å². The average molecular weight is 670 g/mol. The van der Waals surface area contributed by atoms with Crippen molar-refractivity contribution in [2.75, 3.05) is 0 Å². The third-order valence-electron chi connectivity index (χ3n) is 10.8. The van der Waals surface area contributed by atoms with E-state index < -0.39 is 5.41 Å². The maximum absolute atomic E-state index is 7.22. The molecule has 1 unspecified atom stereocenters. The van der Waals surface area contributed by atoms with Crippen molar-refractivity contribution in [2.24, 2.45) is 0 Å². The van der Waals surface area contributed by atoms with Crippen molar-refractivity contribution in [1.29, 1.82) is 0 Å². The first-order valence-corrected chi connectivity index (χ1v) is 17.9. The molecule has 52 heavy (non-hydrogen) atoms. The Hall–Kier alpha value is -6.58. The Morgan fingerprint density at radius 1 is 0.519 bits per heavy atom. The fraction of sp³-hybridized carbons (Fsp3) is 0.0612. The third-order valence-corrected chi connectivity index (χ3v) is 10.8. The van der Waals surface area contributed by atoms with Crippen molar-refractivity contribution in [3.8, 4) is 56.3 Å². The van der Waals surface area contributed by atoms with Crippen molar-refractivity contribution in [2.45, 2.75) is 18.8 Å². The Morgan fingerprint density at radius 3 is 1.96 bits per heavy atom. The normalized spacial score (nSPS) is 16.1. The molecule has 0 fully saturated rings. The van der Waals surface area contributed by atoms with Gasteiger partial charge in [-0.2, -0.15) is 0 Å². The summed E-state index contributed by atoms with van der Waals surface area (Å²) in [5.74, 6) is 3.30. The minimum atomic E-state index is -0.428. The Bertz CT molecular complexity index is 2720. The zero-order valence-electron chi connectivity index (χ0n) is 28.8. The number of fused-ring (bicyclic) bond motifs is 9. The quantitative estimate of drug-likeness (QED) is 0.187. The van der Waals surface area contributed by atoms with Gasteiger partial charge in [0.25, 0.3) is 0 Å². The second-order valence-electron chi connectivity index (χ2n) is 13.8. The second kappa shape index (κ2) is 12.0. The second-order valence-corrected chi connectivity index (χ2v) is 13.8. The van der Waals surface area contributed by atoms with Crippen LogP contribution in [0.5, 0.6) is 17.2 Å². The molecule has 1 aromatic heterocycles. The summed E-state index contributed by atoms with van der Waals surface area (Å²) in [5.41, 5.74) is 10.5. The first kappa shape index (κ1) is 30.3. The van der Waals surface area contributed by atoms with Crippen LogP contribution in [0.2, 0.25) is 0 Å². The SMILES string of the molecule is CC12CC=CC=C1Oc1cccc(-c3ccc4c5ccccc5n(-c5ccccc5)c4c3)c1-c1c(cccc1-c1ccccc1)Oc1ccccc12. The van der Waals surface area contributed by atoms with E-state index in [1.807, 2.05) is 0 Å². The average Bonchev–Trinajstić information content (AvgIpc) is 3.53. The van der Waals surface area contributed by atoms with Crippen molar-refractivity contribution >= 4 is 21.8 Å². The highest BCUT2D eigenvalue weighted by Crippen LogP contribution is 2.53. The van der Waals surface area contributed by atoms with Crippen LogP contribution in [0.25, 0.3) is 60.9 Å². The maximum Gasteiger partial charge on any atom is 0.136 e. The van der Waals surface area contributed by atoms with E-state index in [-0.39, 0.29) is 0 Å². The molecule has 3 heteroatoms. The molecule has 3 nitrogen and oxygen atoms in total. The van der Waals surface area contributed by atoms with Crippen LogP contribution < -0.4 is 9.47 Å². The van der Waals surface area contributed by atoms with Crippen LogP contribution in [0.1, 0.15) is 18.9 Å². The number of nitrogens with zero attached hydrogens (tertiary/aromatic N) is 1. The third kappa shape index (κ3) is 4.74. The van der Waals surface area contributed by atoms with Gasteiger partial charge in [-0.15, -0.1) is 0 Å². The van der Waals surface area contributed by atoms with Crippen LogP contribution >= 0.6 is 0 Å². The summed E-state index contributed by atoms with van der Waals surface area (Å²) in [7, 11) is 0. The van der Waals surface area contributed by atoms with E-state index in [4.69, 9.17) is 9.47 Å². The fourth-order valence-electron chi connectivity index (χ4n) is 8.22. The number of rotatable bonds is 3. The smallest absolute Gasteiger partial charge is 0.136 e. The van der Waals surface area contributed by atoms with E-state index in [9.17, 15) is 0 Å². The lowest BCUT2D eigenvalue weighted by Crippen LogP contribution is -2.29. The monoisotopic (exact) mass is 669 g/mol. The highest BCUT2D eigenvalue weighted by molar-refractivity contribution is 6.11. The molecule has 10 rings (SSSR count). The Morgan fingerprint density at radius 2 is 1.15 bits per heavy atom. The van der Waals surface area contributed by atoms with Crippen LogP contribution in [-0.2, 0) is 5.41 Å². The molecule has 2 aliphatic rings. The van der Waals surface area contributed by atoms with Crippen molar-refractivity contribution < 1.29 is 9.47 Å². The molecule has 0 saturated heterocycles. The van der Waals surface area contributed by atoms with Crippen molar-refractivity contribution in [1.82, 2.24) is 4.57 Å². The predicted octanol–water partition coefficient (Wildman–Crippen LogP) is 13.1. The standard InChI is InChI=1S/C49H35NO2/c1-49-31-13-12-28-46(49)52-45-27-15-22-37(34-29-30-39-38-20-8-10-24-41(38)50(42(39)32-34)35-18-6-3-7-19-35)48(45)47-36(33-16-4-2-5-17-33)21-14-26-44(47)51-43-25-11-9-23-40(43)49/h2-30,32H,31H2,1H3. The van der Waals surface area contributed by atoms with Gasteiger partial charge in [-0.1, -0.05) is 133 Å². The van der Waals surface area contributed by atoms with Gasteiger partial charge in [0.1, 0.15) is 23.0 Å². The highest BCUT2D eigenvalue weighted by atomic mass is 16.5. The van der Waals surface area contributed by atoms with E-state index in [2.05, 4.69) is 194 Å². The van der Waals surface area contributed by atoms with Gasteiger partial charge in [-0.3, -0.25) is 0 Å². The van der Waals surface area contributed by atoms with E-state index in [1.165, 1.54) is 16.3 Å². The van der Waals surface area contributed by atoms with Crippen molar-refractivity contribution in [3.05, 3.63) is 193 Å². The largest absolute Gasteiger partial charge is 0.460 e. The molecular formula is C49H35NO2. The van der Waals surface area contributed by atoms with Crippen LogP contribution in [0.3, 0.4) is 0 Å². The van der Waals surface area contributed by atoms with Crippen molar-refractivity contribution in [3.63, 3.8) is 0 Å². The number of hydrogen-bond acceptors (Lipinski definition) is 2. The van der Waals surface area contributed by atoms with Gasteiger partial charge in [0.15, 0.2) is 0 Å². The molecule has 1 aliphatic heterocycles. The summed E-state index contributed by atoms with van der Waals surface area (Å²) in [6.45, 7) is 2.26. The van der Waals surface area contributed by atoms with Gasteiger partial charge < -0.3 is 14.0 Å². The van der Waals surface area contributed by atoms with Gasteiger partial charge in [-0.05, 0) is 84.1 Å². The Labute approximate surface area is 303 Å². The molecule has 1 atom stereocenters. The Kier molecular flexibility index (Phi) is 7.00. The number of para-hydroxylation sites is 3. The summed E-state index contributed by atoms with van der Waals surface area (Å²) in [6, 6.07) is 58.0. The molecular weight excluding hydrogens is 635 g/mol. The minimum absolute atomic E-state index is 0.428. The lowest BCUT2D eigenvalue weighted by atomic mass is 9.75. The van der Waals surface area contributed by atoms with Gasteiger partial charge in [-0.25, -0.2) is 0 Å². The summed E-state index contributed by atoms with van der Waals surface area (Å²) in [5, 5.41) is 2.44. The number of ether oxygens (including phenoxy) is 2. The molecule has 1 aliphatic carbocycles. The molecule has 248 valence electrons. The van der Waals surface area contributed by atoms with Crippen LogP contribution in [0, 0.1) is 0 Å².